The standard InChI is InChI=1S/C18H24N4O/c1-12(2)11-13-16(18(13,3)4)17(23)19-9-8-15-21-20-14-7-5-6-10-22(14)15/h5-7,10-11,13,16H,8-9H2,1-4H3,(H,19,23)/t13-,16+/m1/s1. The van der Waals surface area contributed by atoms with Gasteiger partial charge in [-0.05, 0) is 37.3 Å². The van der Waals surface area contributed by atoms with Gasteiger partial charge in [-0.2, -0.15) is 0 Å². The fourth-order valence-corrected chi connectivity index (χ4v) is 3.32. The third-order valence-electron chi connectivity index (χ3n) is 4.74. The van der Waals surface area contributed by atoms with Crippen molar-refractivity contribution in [1.29, 1.82) is 0 Å². The van der Waals surface area contributed by atoms with E-state index in [1.54, 1.807) is 0 Å². The van der Waals surface area contributed by atoms with Crippen molar-refractivity contribution in [2.45, 2.75) is 34.1 Å². The van der Waals surface area contributed by atoms with E-state index >= 15 is 0 Å². The molecular formula is C18H24N4O. The highest BCUT2D eigenvalue weighted by Gasteiger charge is 2.60. The van der Waals surface area contributed by atoms with Crippen LogP contribution >= 0.6 is 0 Å². The summed E-state index contributed by atoms with van der Waals surface area (Å²) in [5.41, 5.74) is 2.16. The van der Waals surface area contributed by atoms with E-state index in [-0.39, 0.29) is 17.2 Å². The molecule has 1 saturated carbocycles. The molecule has 1 aliphatic carbocycles. The number of amides is 1. The average Bonchev–Trinajstić information content (AvgIpc) is 2.84. The Bertz CT molecular complexity index is 755. The van der Waals surface area contributed by atoms with Crippen LogP contribution in [0.3, 0.4) is 0 Å². The lowest BCUT2D eigenvalue weighted by Crippen LogP contribution is -2.29. The van der Waals surface area contributed by atoms with Gasteiger partial charge in [0.15, 0.2) is 5.65 Å². The summed E-state index contributed by atoms with van der Waals surface area (Å²) < 4.78 is 1.96. The first kappa shape index (κ1) is 15.7. The van der Waals surface area contributed by atoms with Gasteiger partial charge >= 0.3 is 0 Å². The third-order valence-corrected chi connectivity index (χ3v) is 4.74. The third kappa shape index (κ3) is 3.00. The van der Waals surface area contributed by atoms with Crippen LogP contribution in [0.1, 0.15) is 33.5 Å². The molecule has 2 atom stereocenters. The fraction of sp³-hybridized carbons (Fsp3) is 0.500. The number of nitrogens with zero attached hydrogens (tertiary/aromatic N) is 3. The predicted molar refractivity (Wildman–Crippen MR) is 89.9 cm³/mol. The van der Waals surface area contributed by atoms with E-state index in [1.165, 1.54) is 5.57 Å². The van der Waals surface area contributed by atoms with Crippen LogP contribution in [0.5, 0.6) is 0 Å². The van der Waals surface area contributed by atoms with Crippen molar-refractivity contribution in [3.63, 3.8) is 0 Å². The van der Waals surface area contributed by atoms with Gasteiger partial charge in [-0.1, -0.05) is 31.6 Å². The van der Waals surface area contributed by atoms with Gasteiger partial charge in [0.1, 0.15) is 5.82 Å². The van der Waals surface area contributed by atoms with Crippen LogP contribution in [-0.2, 0) is 11.2 Å². The van der Waals surface area contributed by atoms with E-state index < -0.39 is 0 Å². The van der Waals surface area contributed by atoms with Gasteiger partial charge in [0.2, 0.25) is 5.91 Å². The molecule has 5 nitrogen and oxygen atoms in total. The molecule has 23 heavy (non-hydrogen) atoms. The molecule has 2 heterocycles. The number of carbonyl (C=O) groups is 1. The lowest BCUT2D eigenvalue weighted by Gasteiger charge is -2.05. The largest absolute Gasteiger partial charge is 0.355 e. The Morgan fingerprint density at radius 2 is 2.13 bits per heavy atom. The Morgan fingerprint density at radius 3 is 2.87 bits per heavy atom. The first-order valence-electron chi connectivity index (χ1n) is 8.12. The zero-order valence-corrected chi connectivity index (χ0v) is 14.2. The molecule has 0 unspecified atom stereocenters. The van der Waals surface area contributed by atoms with Crippen molar-refractivity contribution in [3.05, 3.63) is 41.9 Å². The summed E-state index contributed by atoms with van der Waals surface area (Å²) in [6, 6.07) is 5.81. The van der Waals surface area contributed by atoms with E-state index in [9.17, 15) is 4.79 Å². The van der Waals surface area contributed by atoms with Crippen LogP contribution < -0.4 is 5.32 Å². The summed E-state index contributed by atoms with van der Waals surface area (Å²) >= 11 is 0. The average molecular weight is 312 g/mol. The van der Waals surface area contributed by atoms with Crippen molar-refractivity contribution < 1.29 is 4.79 Å². The van der Waals surface area contributed by atoms with Gasteiger partial charge in [-0.15, -0.1) is 10.2 Å². The maximum Gasteiger partial charge on any atom is 0.224 e. The second kappa shape index (κ2) is 5.80. The summed E-state index contributed by atoms with van der Waals surface area (Å²) in [6.07, 6.45) is 4.84. The van der Waals surface area contributed by atoms with Gasteiger partial charge in [-0.3, -0.25) is 9.20 Å². The van der Waals surface area contributed by atoms with Crippen LogP contribution in [-0.4, -0.2) is 27.0 Å². The zero-order chi connectivity index (χ0) is 16.6. The molecule has 1 N–H and O–H groups in total. The zero-order valence-electron chi connectivity index (χ0n) is 14.2. The maximum absolute atomic E-state index is 12.4. The number of fused-ring (bicyclic) bond motifs is 1. The molecule has 2 aromatic heterocycles. The quantitative estimate of drug-likeness (QED) is 0.863. The van der Waals surface area contributed by atoms with Crippen LogP contribution in [0.25, 0.3) is 5.65 Å². The Kier molecular flexibility index (Phi) is 3.96. The fourth-order valence-electron chi connectivity index (χ4n) is 3.32. The van der Waals surface area contributed by atoms with Gasteiger partial charge in [0, 0.05) is 19.2 Å². The number of carbonyl (C=O) groups excluding carboxylic acids is 1. The van der Waals surface area contributed by atoms with Crippen LogP contribution in [0.15, 0.2) is 36.0 Å². The molecule has 0 aromatic carbocycles. The van der Waals surface area contributed by atoms with E-state index in [1.807, 2.05) is 28.8 Å². The van der Waals surface area contributed by atoms with Crippen LogP contribution in [0, 0.1) is 17.3 Å². The first-order valence-corrected chi connectivity index (χ1v) is 8.12. The molecule has 0 radical (unpaired) electrons. The van der Waals surface area contributed by atoms with Crippen molar-refractivity contribution in [2.24, 2.45) is 17.3 Å². The minimum atomic E-state index is 0.0584. The second-order valence-corrected chi connectivity index (χ2v) is 7.15. The van der Waals surface area contributed by atoms with Crippen molar-refractivity contribution in [3.8, 4) is 0 Å². The van der Waals surface area contributed by atoms with Gasteiger partial charge < -0.3 is 5.32 Å². The van der Waals surface area contributed by atoms with Crippen LogP contribution in [0.4, 0.5) is 0 Å². The SMILES string of the molecule is CC(C)=C[C@@H]1[C@@H](C(=O)NCCc2nnc3ccccn23)C1(C)C. The summed E-state index contributed by atoms with van der Waals surface area (Å²) in [5.74, 6) is 1.44. The Labute approximate surface area is 136 Å². The smallest absolute Gasteiger partial charge is 0.224 e. The Morgan fingerprint density at radius 1 is 1.35 bits per heavy atom. The molecule has 0 aliphatic heterocycles. The predicted octanol–water partition coefficient (Wildman–Crippen LogP) is 2.63. The molecule has 3 rings (SSSR count). The highest BCUT2D eigenvalue weighted by molar-refractivity contribution is 5.83. The summed E-state index contributed by atoms with van der Waals surface area (Å²) in [5, 5.41) is 11.4. The number of hydrogen-bond donors (Lipinski definition) is 1. The van der Waals surface area contributed by atoms with Crippen molar-refractivity contribution >= 4 is 11.6 Å². The molecule has 1 amide bonds. The summed E-state index contributed by atoms with van der Waals surface area (Å²) in [7, 11) is 0. The Balaban J connectivity index is 1.57. The number of rotatable bonds is 5. The lowest BCUT2D eigenvalue weighted by atomic mass is 10.1. The number of hydrogen-bond acceptors (Lipinski definition) is 3. The monoisotopic (exact) mass is 312 g/mol. The number of aromatic nitrogens is 3. The molecule has 0 spiro atoms. The molecule has 1 fully saturated rings. The van der Waals surface area contributed by atoms with Gasteiger partial charge in [0.05, 0.1) is 5.92 Å². The number of allylic oxidation sites excluding steroid dienone is 2. The summed E-state index contributed by atoms with van der Waals surface area (Å²) in [6.45, 7) is 9.07. The van der Waals surface area contributed by atoms with Gasteiger partial charge in [0.25, 0.3) is 0 Å². The topological polar surface area (TPSA) is 59.3 Å². The molecule has 0 bridgehead atoms. The van der Waals surface area contributed by atoms with Gasteiger partial charge in [-0.25, -0.2) is 0 Å². The molecule has 122 valence electrons. The highest BCUT2D eigenvalue weighted by Crippen LogP contribution is 2.59. The molecule has 2 aromatic rings. The molecule has 5 heteroatoms. The number of nitrogens with one attached hydrogen (secondary N) is 1. The first-order chi connectivity index (χ1) is 10.9. The Hall–Kier alpha value is -2.17. The lowest BCUT2D eigenvalue weighted by molar-refractivity contribution is -0.123. The van der Waals surface area contributed by atoms with Crippen LogP contribution in [0.2, 0.25) is 0 Å². The van der Waals surface area contributed by atoms with Crippen molar-refractivity contribution in [1.82, 2.24) is 19.9 Å². The molecule has 0 saturated heterocycles. The molecule has 1 aliphatic rings. The normalized spacial score (nSPS) is 21.9. The summed E-state index contributed by atoms with van der Waals surface area (Å²) in [4.78, 5) is 12.4. The minimum Gasteiger partial charge on any atom is -0.355 e. The maximum atomic E-state index is 12.4. The van der Waals surface area contributed by atoms with E-state index in [2.05, 4.69) is 49.3 Å². The second-order valence-electron chi connectivity index (χ2n) is 7.15. The van der Waals surface area contributed by atoms with E-state index in [0.717, 1.165) is 11.5 Å². The van der Waals surface area contributed by atoms with E-state index in [4.69, 9.17) is 0 Å². The van der Waals surface area contributed by atoms with E-state index in [0.29, 0.717) is 18.9 Å². The minimum absolute atomic E-state index is 0.0584. The number of pyridine rings is 1. The molecular weight excluding hydrogens is 288 g/mol. The van der Waals surface area contributed by atoms with Crippen molar-refractivity contribution in [2.75, 3.05) is 6.54 Å². The highest BCUT2D eigenvalue weighted by atomic mass is 16.2.